The lowest BCUT2D eigenvalue weighted by Gasteiger charge is -2.09. The molecule has 0 radical (unpaired) electrons. The maximum absolute atomic E-state index is 11.9. The van der Waals surface area contributed by atoms with E-state index in [-0.39, 0.29) is 32.3 Å². The van der Waals surface area contributed by atoms with Gasteiger partial charge in [0, 0.05) is 10.8 Å². The summed E-state index contributed by atoms with van der Waals surface area (Å²) in [5, 5.41) is 17.4. The minimum atomic E-state index is -4.52. The molecule has 0 atom stereocenters. The third-order valence-corrected chi connectivity index (χ3v) is 6.74. The fourth-order valence-corrected chi connectivity index (χ4v) is 4.46. The number of nitrogen functional groups attached to an aromatic ring is 1. The van der Waals surface area contributed by atoms with Crippen LogP contribution in [0.25, 0.3) is 10.8 Å². The van der Waals surface area contributed by atoms with Gasteiger partial charge in [0.05, 0.1) is 28.6 Å². The van der Waals surface area contributed by atoms with Crippen LogP contribution in [0.1, 0.15) is 0 Å². The average Bonchev–Trinajstić information content (AvgIpc) is 2.67. The van der Waals surface area contributed by atoms with Gasteiger partial charge in [-0.25, -0.2) is 8.42 Å². The number of rotatable bonds is 6. The van der Waals surface area contributed by atoms with Crippen molar-refractivity contribution in [1.82, 2.24) is 0 Å². The van der Waals surface area contributed by atoms with E-state index in [0.29, 0.717) is 11.1 Å². The molecule has 0 aliphatic carbocycles. The Morgan fingerprint density at radius 2 is 1.52 bits per heavy atom. The summed E-state index contributed by atoms with van der Waals surface area (Å²) in [6.07, 6.45) is 0. The highest BCUT2D eigenvalue weighted by Crippen LogP contribution is 2.36. The molecular weight excluding hydrogens is 418 g/mol. The van der Waals surface area contributed by atoms with Gasteiger partial charge in [-0.1, -0.05) is 24.3 Å². The molecule has 0 aliphatic heterocycles. The summed E-state index contributed by atoms with van der Waals surface area (Å²) < 4.78 is 56.8. The van der Waals surface area contributed by atoms with Crippen molar-refractivity contribution < 1.29 is 26.5 Å². The predicted octanol–water partition coefficient (Wildman–Crippen LogP) is 2.85. The third-order valence-electron chi connectivity index (χ3n) is 4.13. The lowest BCUT2D eigenvalue weighted by atomic mass is 10.1. The number of aliphatic hydroxyl groups excluding tert-OH is 1. The minimum absolute atomic E-state index is 0.0318. The van der Waals surface area contributed by atoms with Crippen molar-refractivity contribution in [2.45, 2.75) is 9.79 Å². The van der Waals surface area contributed by atoms with Crippen LogP contribution >= 0.6 is 0 Å². The third kappa shape index (κ3) is 4.43. The number of hydrogen-bond acceptors (Lipinski definition) is 8. The van der Waals surface area contributed by atoms with Gasteiger partial charge in [-0.3, -0.25) is 4.55 Å². The van der Waals surface area contributed by atoms with Crippen molar-refractivity contribution >= 4 is 47.8 Å². The summed E-state index contributed by atoms with van der Waals surface area (Å²) in [5.74, 6) is -0.389. The van der Waals surface area contributed by atoms with Crippen LogP contribution in [0, 0.1) is 0 Å². The fourth-order valence-electron chi connectivity index (χ4n) is 2.72. The van der Waals surface area contributed by atoms with E-state index in [1.54, 1.807) is 18.2 Å². The molecule has 0 aliphatic rings. The normalized spacial score (nSPS) is 12.6. The monoisotopic (exact) mass is 435 g/mol. The quantitative estimate of drug-likeness (QED) is 0.305. The zero-order valence-electron chi connectivity index (χ0n) is 14.9. The zero-order chi connectivity index (χ0) is 21.2. The Bertz CT molecular complexity index is 1300. The Hall–Kier alpha value is -2.86. The fraction of sp³-hybridized carbons (Fsp3) is 0.111. The van der Waals surface area contributed by atoms with Crippen LogP contribution in [0.5, 0.6) is 0 Å². The summed E-state index contributed by atoms with van der Waals surface area (Å²) in [4.78, 5) is -0.314. The van der Waals surface area contributed by atoms with Crippen molar-refractivity contribution in [2.75, 3.05) is 18.1 Å². The zero-order valence-corrected chi connectivity index (χ0v) is 16.6. The van der Waals surface area contributed by atoms with E-state index < -0.39 is 26.6 Å². The molecule has 3 aromatic rings. The van der Waals surface area contributed by atoms with Gasteiger partial charge in [-0.2, -0.15) is 13.5 Å². The summed E-state index contributed by atoms with van der Waals surface area (Å²) in [6.45, 7) is -0.485. The number of nitrogens with two attached hydrogens (primary N) is 1. The SMILES string of the molecule is Nc1c(N=Nc2ccc(S(=O)(=O)CCO)cc2)cc(S(=O)(=O)O)c2ccccc12. The smallest absolute Gasteiger partial charge is 0.295 e. The average molecular weight is 435 g/mol. The van der Waals surface area contributed by atoms with Crippen LogP contribution in [0.2, 0.25) is 0 Å². The van der Waals surface area contributed by atoms with Gasteiger partial charge in [0.1, 0.15) is 10.6 Å². The Kier molecular flexibility index (Phi) is 5.66. The number of anilines is 1. The van der Waals surface area contributed by atoms with Gasteiger partial charge >= 0.3 is 0 Å². The molecule has 0 bridgehead atoms. The van der Waals surface area contributed by atoms with Crippen LogP contribution in [-0.4, -0.2) is 38.9 Å². The molecule has 0 heterocycles. The Morgan fingerprint density at radius 1 is 0.897 bits per heavy atom. The first-order valence-corrected chi connectivity index (χ1v) is 11.4. The number of aliphatic hydroxyl groups is 1. The van der Waals surface area contributed by atoms with Crippen molar-refractivity contribution in [2.24, 2.45) is 10.2 Å². The second-order valence-corrected chi connectivity index (χ2v) is 9.56. The first-order valence-electron chi connectivity index (χ1n) is 8.27. The number of benzene rings is 3. The second-order valence-electron chi connectivity index (χ2n) is 6.06. The second kappa shape index (κ2) is 7.87. The van der Waals surface area contributed by atoms with Gasteiger partial charge < -0.3 is 10.8 Å². The maximum atomic E-state index is 11.9. The highest BCUT2D eigenvalue weighted by Gasteiger charge is 2.18. The number of nitrogens with zero attached hydrogens (tertiary/aromatic N) is 2. The van der Waals surface area contributed by atoms with Crippen molar-refractivity contribution in [1.29, 1.82) is 0 Å². The van der Waals surface area contributed by atoms with Crippen LogP contribution < -0.4 is 5.73 Å². The lowest BCUT2D eigenvalue weighted by molar-refractivity contribution is 0.319. The molecule has 4 N–H and O–H groups in total. The topological polar surface area (TPSA) is 159 Å². The highest BCUT2D eigenvalue weighted by molar-refractivity contribution is 7.91. The number of hydrogen-bond donors (Lipinski definition) is 3. The van der Waals surface area contributed by atoms with E-state index in [1.807, 2.05) is 0 Å². The van der Waals surface area contributed by atoms with Gasteiger partial charge in [-0.15, -0.1) is 5.11 Å². The van der Waals surface area contributed by atoms with E-state index >= 15 is 0 Å². The standard InChI is InChI=1S/C18H17N3O6S2/c19-18-15-4-2-1-3-14(15)17(29(25,26)27)11-16(18)21-20-12-5-7-13(8-6-12)28(23,24)10-9-22/h1-8,11,22H,9-10,19H2,(H,25,26,27). The van der Waals surface area contributed by atoms with Crippen molar-refractivity contribution in [3.8, 4) is 0 Å². The molecule has 0 spiro atoms. The lowest BCUT2D eigenvalue weighted by Crippen LogP contribution is -2.09. The first-order chi connectivity index (χ1) is 13.6. The Labute approximate surface area is 167 Å². The predicted molar refractivity (Wildman–Crippen MR) is 108 cm³/mol. The van der Waals surface area contributed by atoms with E-state index in [0.717, 1.165) is 6.07 Å². The maximum Gasteiger partial charge on any atom is 0.295 e. The molecule has 0 aromatic heterocycles. The van der Waals surface area contributed by atoms with Crippen LogP contribution in [-0.2, 0) is 20.0 Å². The molecule has 0 saturated carbocycles. The van der Waals surface area contributed by atoms with Crippen LogP contribution in [0.4, 0.5) is 17.1 Å². The molecule has 29 heavy (non-hydrogen) atoms. The van der Waals surface area contributed by atoms with E-state index in [1.165, 1.54) is 30.3 Å². The summed E-state index contributed by atoms with van der Waals surface area (Å²) in [5.41, 5.74) is 6.59. The van der Waals surface area contributed by atoms with Crippen LogP contribution in [0.15, 0.2) is 74.6 Å². The largest absolute Gasteiger partial charge is 0.396 e. The highest BCUT2D eigenvalue weighted by atomic mass is 32.2. The first kappa shape index (κ1) is 20.9. The van der Waals surface area contributed by atoms with Gasteiger partial charge in [0.25, 0.3) is 10.1 Å². The molecule has 3 rings (SSSR count). The number of azo groups is 1. The number of fused-ring (bicyclic) bond motifs is 1. The van der Waals surface area contributed by atoms with E-state index in [2.05, 4.69) is 10.2 Å². The number of sulfone groups is 1. The van der Waals surface area contributed by atoms with E-state index in [9.17, 15) is 21.4 Å². The van der Waals surface area contributed by atoms with Gasteiger partial charge in [0.15, 0.2) is 9.84 Å². The molecule has 11 heteroatoms. The van der Waals surface area contributed by atoms with Crippen molar-refractivity contribution in [3.63, 3.8) is 0 Å². The molecule has 0 saturated heterocycles. The van der Waals surface area contributed by atoms with Gasteiger partial charge in [0.2, 0.25) is 0 Å². The molecule has 152 valence electrons. The Morgan fingerprint density at radius 3 is 2.10 bits per heavy atom. The molecule has 0 unspecified atom stereocenters. The Balaban J connectivity index is 2.02. The molecule has 9 nitrogen and oxygen atoms in total. The summed E-state index contributed by atoms with van der Waals surface area (Å²) in [7, 11) is -8.11. The van der Waals surface area contributed by atoms with E-state index in [4.69, 9.17) is 10.8 Å². The van der Waals surface area contributed by atoms with Crippen LogP contribution in [0.3, 0.4) is 0 Å². The molecular formula is C18H17N3O6S2. The molecule has 0 fully saturated rings. The summed E-state index contributed by atoms with van der Waals surface area (Å²) in [6, 6.07) is 13.0. The molecule has 0 amide bonds. The molecule has 3 aromatic carbocycles. The summed E-state index contributed by atoms with van der Waals surface area (Å²) >= 11 is 0. The van der Waals surface area contributed by atoms with Gasteiger partial charge in [-0.05, 0) is 30.3 Å². The van der Waals surface area contributed by atoms with Crippen molar-refractivity contribution in [3.05, 3.63) is 54.6 Å². The minimum Gasteiger partial charge on any atom is -0.396 e.